The van der Waals surface area contributed by atoms with Crippen molar-refractivity contribution in [2.24, 2.45) is 5.92 Å². The molecular weight excluding hydrogens is 264 g/mol. The van der Waals surface area contributed by atoms with Gasteiger partial charge >= 0.3 is 0 Å². The zero-order valence-corrected chi connectivity index (χ0v) is 13.6. The second-order valence-electron chi connectivity index (χ2n) is 6.63. The van der Waals surface area contributed by atoms with Crippen LogP contribution in [-0.4, -0.2) is 22.6 Å². The van der Waals surface area contributed by atoms with Gasteiger partial charge < -0.3 is 15.8 Å². The summed E-state index contributed by atoms with van der Waals surface area (Å²) in [5, 5.41) is 3.48. The molecule has 2 rings (SSSR count). The summed E-state index contributed by atoms with van der Waals surface area (Å²) in [5.74, 6) is 2.72. The highest BCUT2D eigenvalue weighted by molar-refractivity contribution is 5.67. The van der Waals surface area contributed by atoms with Crippen LogP contribution >= 0.6 is 0 Å². The van der Waals surface area contributed by atoms with Crippen molar-refractivity contribution in [2.45, 2.75) is 65.3 Å². The lowest BCUT2D eigenvalue weighted by molar-refractivity contribution is 0.261. The third-order valence-corrected chi connectivity index (χ3v) is 3.69. The fourth-order valence-electron chi connectivity index (χ4n) is 2.45. The number of ether oxygens (including phenoxy) is 1. The molecule has 0 amide bonds. The highest BCUT2D eigenvalue weighted by atomic mass is 16.5. The van der Waals surface area contributed by atoms with Crippen molar-refractivity contribution < 1.29 is 4.74 Å². The Balaban J connectivity index is 2.23. The maximum absolute atomic E-state index is 6.20. The van der Waals surface area contributed by atoms with E-state index >= 15 is 0 Å². The average Bonchev–Trinajstić information content (AvgIpc) is 2.92. The molecule has 1 saturated carbocycles. The van der Waals surface area contributed by atoms with Gasteiger partial charge in [-0.15, -0.1) is 0 Å². The minimum absolute atomic E-state index is 0.246. The fraction of sp³-hybridized carbons (Fsp3) is 0.750. The maximum atomic E-state index is 6.20. The van der Waals surface area contributed by atoms with Crippen LogP contribution in [0, 0.1) is 5.92 Å². The zero-order chi connectivity index (χ0) is 15.4. The van der Waals surface area contributed by atoms with Crippen molar-refractivity contribution in [3.8, 4) is 5.88 Å². The first-order valence-electron chi connectivity index (χ1n) is 8.04. The van der Waals surface area contributed by atoms with Gasteiger partial charge in [0.1, 0.15) is 11.5 Å². The van der Waals surface area contributed by atoms with Gasteiger partial charge in [0.2, 0.25) is 5.88 Å². The summed E-state index contributed by atoms with van der Waals surface area (Å²) in [6.07, 6.45) is 4.91. The number of nitrogens with one attached hydrogen (secondary N) is 1. The van der Waals surface area contributed by atoms with Crippen molar-refractivity contribution in [1.82, 2.24) is 9.97 Å². The van der Waals surface area contributed by atoms with E-state index in [1.54, 1.807) is 0 Å². The van der Waals surface area contributed by atoms with Crippen LogP contribution in [0.25, 0.3) is 0 Å². The molecule has 1 aliphatic rings. The van der Waals surface area contributed by atoms with Crippen LogP contribution in [0.2, 0.25) is 0 Å². The van der Waals surface area contributed by atoms with E-state index in [1.165, 1.54) is 25.7 Å². The quantitative estimate of drug-likeness (QED) is 0.838. The minimum Gasteiger partial charge on any atom is -0.476 e. The lowest BCUT2D eigenvalue weighted by Crippen LogP contribution is -2.19. The van der Waals surface area contributed by atoms with E-state index in [0.29, 0.717) is 30.1 Å². The number of hydrogen-bond donors (Lipinski definition) is 2. The summed E-state index contributed by atoms with van der Waals surface area (Å²) in [6, 6.07) is 0.472. The lowest BCUT2D eigenvalue weighted by atomic mass is 10.2. The second kappa shape index (κ2) is 6.96. The van der Waals surface area contributed by atoms with Crippen LogP contribution in [-0.2, 0) is 0 Å². The van der Waals surface area contributed by atoms with Gasteiger partial charge in [0, 0.05) is 12.0 Å². The molecule has 0 spiro atoms. The molecule has 0 aliphatic heterocycles. The topological polar surface area (TPSA) is 73.1 Å². The molecular formula is C16H28N4O. The first kappa shape index (κ1) is 15.9. The molecule has 1 aromatic heterocycles. The van der Waals surface area contributed by atoms with E-state index in [4.69, 9.17) is 10.5 Å². The normalized spacial score (nSPS) is 15.9. The number of nitrogens with zero attached hydrogens (tertiary/aromatic N) is 2. The largest absolute Gasteiger partial charge is 0.476 e. The van der Waals surface area contributed by atoms with Gasteiger partial charge in [-0.3, -0.25) is 0 Å². The summed E-state index contributed by atoms with van der Waals surface area (Å²) >= 11 is 0. The number of anilines is 2. The molecule has 1 heterocycles. The molecule has 5 nitrogen and oxygen atoms in total. The molecule has 0 unspecified atom stereocenters. The van der Waals surface area contributed by atoms with Gasteiger partial charge in [-0.1, -0.05) is 40.5 Å². The van der Waals surface area contributed by atoms with Crippen molar-refractivity contribution in [1.29, 1.82) is 0 Å². The van der Waals surface area contributed by atoms with Crippen LogP contribution in [0.3, 0.4) is 0 Å². The van der Waals surface area contributed by atoms with E-state index in [0.717, 1.165) is 11.6 Å². The standard InChI is InChI=1S/C16H28N4O/c1-10(2)9-21-16-13(17)15(18-12-7-5-6-8-12)19-14(20-16)11(3)4/h10-12H,5-9,17H2,1-4H3,(H,18,19,20). The minimum atomic E-state index is 0.246. The molecule has 3 N–H and O–H groups in total. The molecule has 5 heteroatoms. The van der Waals surface area contributed by atoms with Crippen LogP contribution in [0.5, 0.6) is 5.88 Å². The molecule has 1 aromatic rings. The number of hydrogen-bond acceptors (Lipinski definition) is 5. The third-order valence-electron chi connectivity index (χ3n) is 3.69. The van der Waals surface area contributed by atoms with Gasteiger partial charge in [0.05, 0.1) is 6.61 Å². The molecule has 0 radical (unpaired) electrons. The average molecular weight is 292 g/mol. The third kappa shape index (κ3) is 4.22. The summed E-state index contributed by atoms with van der Waals surface area (Å²) in [5.41, 5.74) is 6.74. The predicted octanol–water partition coefficient (Wildman–Crippen LogP) is 3.57. The Morgan fingerprint density at radius 3 is 2.43 bits per heavy atom. The van der Waals surface area contributed by atoms with Crippen molar-refractivity contribution in [3.05, 3.63) is 5.82 Å². The monoisotopic (exact) mass is 292 g/mol. The Hall–Kier alpha value is -1.52. The highest BCUT2D eigenvalue weighted by Gasteiger charge is 2.20. The summed E-state index contributed by atoms with van der Waals surface area (Å²) < 4.78 is 5.78. The van der Waals surface area contributed by atoms with E-state index in [1.807, 2.05) is 0 Å². The Morgan fingerprint density at radius 2 is 1.86 bits per heavy atom. The van der Waals surface area contributed by atoms with Crippen molar-refractivity contribution >= 4 is 11.5 Å². The lowest BCUT2D eigenvalue weighted by Gasteiger charge is -2.19. The molecule has 0 aromatic carbocycles. The van der Waals surface area contributed by atoms with Crippen LogP contribution in [0.15, 0.2) is 0 Å². The first-order chi connectivity index (χ1) is 9.97. The molecule has 1 aliphatic carbocycles. The Kier molecular flexibility index (Phi) is 5.26. The molecule has 0 atom stereocenters. The number of nitrogens with two attached hydrogens (primary N) is 1. The van der Waals surface area contributed by atoms with Crippen molar-refractivity contribution in [2.75, 3.05) is 17.7 Å². The van der Waals surface area contributed by atoms with Gasteiger partial charge in [0.25, 0.3) is 0 Å². The van der Waals surface area contributed by atoms with E-state index in [2.05, 4.69) is 43.0 Å². The van der Waals surface area contributed by atoms with E-state index in [9.17, 15) is 0 Å². The molecule has 1 fully saturated rings. The van der Waals surface area contributed by atoms with Crippen LogP contribution in [0.1, 0.15) is 65.1 Å². The van der Waals surface area contributed by atoms with Crippen molar-refractivity contribution in [3.63, 3.8) is 0 Å². The summed E-state index contributed by atoms with van der Waals surface area (Å²) in [6.45, 7) is 8.99. The van der Waals surface area contributed by atoms with Gasteiger partial charge in [-0.2, -0.15) is 4.98 Å². The molecule has 0 bridgehead atoms. The van der Waals surface area contributed by atoms with Crippen LogP contribution in [0.4, 0.5) is 11.5 Å². The number of rotatable bonds is 6. The van der Waals surface area contributed by atoms with E-state index in [-0.39, 0.29) is 5.92 Å². The SMILES string of the molecule is CC(C)COc1nc(C(C)C)nc(NC2CCCC2)c1N. The molecule has 21 heavy (non-hydrogen) atoms. The Morgan fingerprint density at radius 1 is 1.19 bits per heavy atom. The molecule has 0 saturated heterocycles. The summed E-state index contributed by atoms with van der Waals surface area (Å²) in [4.78, 5) is 9.08. The predicted molar refractivity (Wildman–Crippen MR) is 86.7 cm³/mol. The van der Waals surface area contributed by atoms with Gasteiger partial charge in [-0.05, 0) is 18.8 Å². The number of aromatic nitrogens is 2. The van der Waals surface area contributed by atoms with Gasteiger partial charge in [-0.25, -0.2) is 4.98 Å². The number of nitrogen functional groups attached to an aromatic ring is 1. The van der Waals surface area contributed by atoms with E-state index < -0.39 is 0 Å². The van der Waals surface area contributed by atoms with Gasteiger partial charge in [0.15, 0.2) is 5.82 Å². The summed E-state index contributed by atoms with van der Waals surface area (Å²) in [7, 11) is 0. The highest BCUT2D eigenvalue weighted by Crippen LogP contribution is 2.31. The Labute approximate surface area is 127 Å². The fourth-order valence-corrected chi connectivity index (χ4v) is 2.45. The Bertz CT molecular complexity index is 468. The maximum Gasteiger partial charge on any atom is 0.242 e. The zero-order valence-electron chi connectivity index (χ0n) is 13.6. The first-order valence-corrected chi connectivity index (χ1v) is 8.04. The molecule has 118 valence electrons. The smallest absolute Gasteiger partial charge is 0.242 e. The second-order valence-corrected chi connectivity index (χ2v) is 6.63. The van der Waals surface area contributed by atoms with Crippen LogP contribution < -0.4 is 15.8 Å².